The number of benzene rings is 1. The number of hydrogen-bond donors (Lipinski definition) is 1. The van der Waals surface area contributed by atoms with Gasteiger partial charge >= 0.3 is 0 Å². The fourth-order valence-electron chi connectivity index (χ4n) is 2.76. The first-order valence-corrected chi connectivity index (χ1v) is 9.83. The van der Waals surface area contributed by atoms with E-state index in [2.05, 4.69) is 5.32 Å². The molecule has 0 spiro atoms. The van der Waals surface area contributed by atoms with Crippen LogP contribution in [0.25, 0.3) is 0 Å². The summed E-state index contributed by atoms with van der Waals surface area (Å²) in [6, 6.07) is 4.50. The van der Waals surface area contributed by atoms with Gasteiger partial charge in [0.2, 0.25) is 15.9 Å². The highest BCUT2D eigenvalue weighted by atomic mass is 35.5. The van der Waals surface area contributed by atoms with Crippen LogP contribution in [-0.2, 0) is 14.8 Å². The van der Waals surface area contributed by atoms with Gasteiger partial charge in [0.1, 0.15) is 10.6 Å². The normalized spacial score (nSPS) is 19.0. The second-order valence-corrected chi connectivity index (χ2v) is 8.13. The number of rotatable bonds is 6. The summed E-state index contributed by atoms with van der Waals surface area (Å²) < 4.78 is 32.4. The Kier molecular flexibility index (Phi) is 6.48. The number of amides is 1. The third kappa shape index (κ3) is 4.20. The van der Waals surface area contributed by atoms with Crippen LogP contribution in [0.3, 0.4) is 0 Å². The molecule has 1 aromatic carbocycles. The van der Waals surface area contributed by atoms with E-state index < -0.39 is 10.0 Å². The van der Waals surface area contributed by atoms with Gasteiger partial charge in [-0.3, -0.25) is 4.79 Å². The Morgan fingerprint density at radius 2 is 2.21 bits per heavy atom. The summed E-state index contributed by atoms with van der Waals surface area (Å²) in [7, 11) is -2.35. The fourth-order valence-corrected chi connectivity index (χ4v) is 4.70. The van der Waals surface area contributed by atoms with Gasteiger partial charge in [-0.2, -0.15) is 4.31 Å². The number of sulfonamides is 1. The number of nitrogens with zero attached hydrogens (tertiary/aromatic N) is 1. The van der Waals surface area contributed by atoms with Crippen LogP contribution in [0.1, 0.15) is 26.2 Å². The Morgan fingerprint density at radius 3 is 2.88 bits per heavy atom. The lowest BCUT2D eigenvalue weighted by molar-refractivity contribution is -0.126. The molecule has 1 aliphatic rings. The number of carbonyl (C=O) groups is 1. The molecule has 1 aliphatic heterocycles. The number of nitrogens with one attached hydrogen (secondary N) is 1. The molecule has 1 atom stereocenters. The van der Waals surface area contributed by atoms with Crippen LogP contribution in [0.2, 0.25) is 5.02 Å². The highest BCUT2D eigenvalue weighted by Gasteiger charge is 2.34. The summed E-state index contributed by atoms with van der Waals surface area (Å²) in [6.45, 7) is 3.14. The fraction of sp³-hybridized carbons (Fsp3) is 0.562. The predicted octanol–water partition coefficient (Wildman–Crippen LogP) is 2.28. The average Bonchev–Trinajstić information content (AvgIpc) is 2.59. The molecule has 0 bridgehead atoms. The lowest BCUT2D eigenvalue weighted by atomic mass is 9.99. The van der Waals surface area contributed by atoms with Gasteiger partial charge in [-0.15, -0.1) is 0 Å². The molecule has 0 saturated carbocycles. The van der Waals surface area contributed by atoms with Crippen molar-refractivity contribution in [1.82, 2.24) is 9.62 Å². The van der Waals surface area contributed by atoms with E-state index in [1.165, 1.54) is 23.5 Å². The SMILES string of the molecule is CCCNC(=O)[C@H]1CCCN(S(=O)(=O)c2cc(Cl)ccc2OC)C1. The Labute approximate surface area is 148 Å². The smallest absolute Gasteiger partial charge is 0.246 e. The number of hydrogen-bond acceptors (Lipinski definition) is 4. The molecular weight excluding hydrogens is 352 g/mol. The van der Waals surface area contributed by atoms with Crippen molar-refractivity contribution >= 4 is 27.5 Å². The summed E-state index contributed by atoms with van der Waals surface area (Å²) in [5.41, 5.74) is 0. The summed E-state index contributed by atoms with van der Waals surface area (Å²) in [5.74, 6) is -0.169. The minimum Gasteiger partial charge on any atom is -0.495 e. The first kappa shape index (κ1) is 19.0. The molecule has 6 nitrogen and oxygen atoms in total. The zero-order valence-electron chi connectivity index (χ0n) is 13.9. The lowest BCUT2D eigenvalue weighted by Crippen LogP contribution is -2.45. The molecule has 1 fully saturated rings. The zero-order chi connectivity index (χ0) is 17.7. The molecule has 1 N–H and O–H groups in total. The Hall–Kier alpha value is -1.31. The van der Waals surface area contributed by atoms with E-state index in [-0.39, 0.29) is 29.0 Å². The second-order valence-electron chi connectivity index (χ2n) is 5.79. The van der Waals surface area contributed by atoms with Gasteiger partial charge in [-0.1, -0.05) is 18.5 Å². The largest absolute Gasteiger partial charge is 0.495 e. The summed E-state index contributed by atoms with van der Waals surface area (Å²) in [4.78, 5) is 12.2. The van der Waals surface area contributed by atoms with Crippen molar-refractivity contribution in [3.8, 4) is 5.75 Å². The van der Waals surface area contributed by atoms with Crippen molar-refractivity contribution in [2.24, 2.45) is 5.92 Å². The summed E-state index contributed by atoms with van der Waals surface area (Å²) >= 11 is 5.95. The average molecular weight is 375 g/mol. The molecule has 1 heterocycles. The highest BCUT2D eigenvalue weighted by Crippen LogP contribution is 2.31. The first-order chi connectivity index (χ1) is 11.4. The maximum atomic E-state index is 13.0. The van der Waals surface area contributed by atoms with E-state index in [0.29, 0.717) is 31.0 Å². The number of piperidine rings is 1. The molecule has 0 aliphatic carbocycles. The Bertz CT molecular complexity index is 693. The quantitative estimate of drug-likeness (QED) is 0.828. The van der Waals surface area contributed by atoms with Crippen LogP contribution < -0.4 is 10.1 Å². The highest BCUT2D eigenvalue weighted by molar-refractivity contribution is 7.89. The van der Waals surface area contributed by atoms with Crippen molar-refractivity contribution in [2.75, 3.05) is 26.7 Å². The molecule has 1 saturated heterocycles. The summed E-state index contributed by atoms with van der Waals surface area (Å²) in [6.07, 6.45) is 2.18. The van der Waals surface area contributed by atoms with Crippen LogP contribution >= 0.6 is 11.6 Å². The molecule has 2 rings (SSSR count). The van der Waals surface area contributed by atoms with E-state index in [4.69, 9.17) is 16.3 Å². The van der Waals surface area contributed by atoms with Gasteiger partial charge in [0, 0.05) is 24.7 Å². The van der Waals surface area contributed by atoms with Crippen molar-refractivity contribution in [2.45, 2.75) is 31.1 Å². The van der Waals surface area contributed by atoms with Crippen molar-refractivity contribution < 1.29 is 17.9 Å². The monoisotopic (exact) mass is 374 g/mol. The van der Waals surface area contributed by atoms with E-state index in [1.54, 1.807) is 6.07 Å². The minimum atomic E-state index is -3.77. The van der Waals surface area contributed by atoms with Crippen LogP contribution in [-0.4, -0.2) is 45.4 Å². The van der Waals surface area contributed by atoms with Gasteiger partial charge in [-0.05, 0) is 37.5 Å². The third-order valence-corrected chi connectivity index (χ3v) is 6.17. The summed E-state index contributed by atoms with van der Waals surface area (Å²) in [5, 5.41) is 3.16. The van der Waals surface area contributed by atoms with Gasteiger partial charge < -0.3 is 10.1 Å². The Morgan fingerprint density at radius 1 is 1.46 bits per heavy atom. The van der Waals surface area contributed by atoms with Crippen LogP contribution in [0.15, 0.2) is 23.1 Å². The van der Waals surface area contributed by atoms with Crippen molar-refractivity contribution in [3.63, 3.8) is 0 Å². The molecule has 24 heavy (non-hydrogen) atoms. The van der Waals surface area contributed by atoms with E-state index in [1.807, 2.05) is 6.92 Å². The van der Waals surface area contributed by atoms with E-state index in [0.717, 1.165) is 6.42 Å². The third-order valence-electron chi connectivity index (χ3n) is 4.05. The molecular formula is C16H23ClN2O4S. The standard InChI is InChI=1S/C16H23ClN2O4S/c1-3-8-18-16(20)12-5-4-9-19(11-12)24(21,22)15-10-13(17)6-7-14(15)23-2/h6-7,10,12H,3-5,8-9,11H2,1-2H3,(H,18,20)/t12-/m0/s1. The van der Waals surface area contributed by atoms with E-state index >= 15 is 0 Å². The minimum absolute atomic E-state index is 0.0344. The molecule has 1 aromatic rings. The number of carbonyl (C=O) groups excluding carboxylic acids is 1. The van der Waals surface area contributed by atoms with Gasteiger partial charge in [0.25, 0.3) is 0 Å². The topological polar surface area (TPSA) is 75.7 Å². The van der Waals surface area contributed by atoms with Gasteiger partial charge in [0.15, 0.2) is 0 Å². The second kappa shape index (κ2) is 8.18. The van der Waals surface area contributed by atoms with Crippen LogP contribution in [0, 0.1) is 5.92 Å². The maximum Gasteiger partial charge on any atom is 0.246 e. The van der Waals surface area contributed by atoms with E-state index in [9.17, 15) is 13.2 Å². The molecule has 0 aromatic heterocycles. The van der Waals surface area contributed by atoms with Gasteiger partial charge in [-0.25, -0.2) is 8.42 Å². The van der Waals surface area contributed by atoms with Crippen molar-refractivity contribution in [1.29, 1.82) is 0 Å². The number of halogens is 1. The zero-order valence-corrected chi connectivity index (χ0v) is 15.5. The Balaban J connectivity index is 2.23. The molecule has 134 valence electrons. The number of methoxy groups -OCH3 is 1. The molecule has 1 amide bonds. The van der Waals surface area contributed by atoms with Gasteiger partial charge in [0.05, 0.1) is 13.0 Å². The maximum absolute atomic E-state index is 13.0. The predicted molar refractivity (Wildman–Crippen MR) is 92.8 cm³/mol. The molecule has 8 heteroatoms. The molecule has 0 radical (unpaired) electrons. The first-order valence-electron chi connectivity index (χ1n) is 8.01. The van der Waals surface area contributed by atoms with Crippen molar-refractivity contribution in [3.05, 3.63) is 23.2 Å². The van der Waals surface area contributed by atoms with Crippen LogP contribution in [0.5, 0.6) is 5.75 Å². The number of ether oxygens (including phenoxy) is 1. The molecule has 0 unspecified atom stereocenters. The lowest BCUT2D eigenvalue weighted by Gasteiger charge is -2.31. The van der Waals surface area contributed by atoms with Crippen LogP contribution in [0.4, 0.5) is 0 Å².